The molecule has 0 radical (unpaired) electrons. The number of thioether (sulfide) groups is 1. The highest BCUT2D eigenvalue weighted by molar-refractivity contribution is 7.98. The molecule has 0 bridgehead atoms. The Balaban J connectivity index is 1.81. The second-order valence-electron chi connectivity index (χ2n) is 5.47. The summed E-state index contributed by atoms with van der Waals surface area (Å²) in [5, 5.41) is 14.2. The number of methoxy groups -OCH3 is 1. The third-order valence-corrected chi connectivity index (χ3v) is 5.15. The van der Waals surface area contributed by atoms with Crippen molar-refractivity contribution in [1.82, 2.24) is 14.9 Å². The van der Waals surface area contributed by atoms with Crippen LogP contribution in [-0.4, -0.2) is 34.5 Å². The smallest absolute Gasteiger partial charge is 0.211 e. The molecule has 3 aromatic rings. The molecule has 1 heterocycles. The first-order valence-corrected chi connectivity index (χ1v) is 10.3. The lowest BCUT2D eigenvalue weighted by Crippen LogP contribution is -2.00. The summed E-state index contributed by atoms with van der Waals surface area (Å²) in [7, 11) is 1.54. The number of nitrogens with zero attached hydrogens (tertiary/aromatic N) is 4. The second kappa shape index (κ2) is 9.52. The maximum absolute atomic E-state index is 6.41. The summed E-state index contributed by atoms with van der Waals surface area (Å²) in [5.41, 5.74) is 1.52. The number of hydrogen-bond donors (Lipinski definition) is 0. The Morgan fingerprint density at radius 2 is 2.00 bits per heavy atom. The number of hydrogen-bond acceptors (Lipinski definition) is 6. The van der Waals surface area contributed by atoms with Gasteiger partial charge in [0.25, 0.3) is 0 Å². The summed E-state index contributed by atoms with van der Waals surface area (Å²) in [6.45, 7) is 0.220. The molecule has 0 N–H and O–H groups in total. The highest BCUT2D eigenvalue weighted by Gasteiger charge is 2.13. The molecule has 0 aliphatic heterocycles. The van der Waals surface area contributed by atoms with Gasteiger partial charge in [0.15, 0.2) is 11.5 Å². The van der Waals surface area contributed by atoms with Crippen LogP contribution in [0.3, 0.4) is 0 Å². The van der Waals surface area contributed by atoms with E-state index < -0.39 is 0 Å². The molecule has 0 spiro atoms. The minimum absolute atomic E-state index is 0.220. The third kappa shape index (κ3) is 4.91. The second-order valence-corrected chi connectivity index (χ2v) is 7.49. The maximum atomic E-state index is 6.41. The highest BCUT2D eigenvalue weighted by Crippen LogP contribution is 2.37. The highest BCUT2D eigenvalue weighted by atomic mass is 35.5. The predicted molar refractivity (Wildman–Crippen MR) is 114 cm³/mol. The molecule has 3 rings (SSSR count). The van der Waals surface area contributed by atoms with Crippen molar-refractivity contribution in [2.45, 2.75) is 11.8 Å². The molecular formula is C18H15Cl3N4O2S. The van der Waals surface area contributed by atoms with Gasteiger partial charge in [-0.2, -0.15) is 9.78 Å². The van der Waals surface area contributed by atoms with Crippen LogP contribution in [-0.2, 0) is 6.61 Å². The van der Waals surface area contributed by atoms with Gasteiger partial charge in [-0.1, -0.05) is 52.6 Å². The summed E-state index contributed by atoms with van der Waals surface area (Å²) >= 11 is 20.0. The van der Waals surface area contributed by atoms with Gasteiger partial charge in [-0.25, -0.2) is 0 Å². The fraction of sp³-hybridized carbons (Fsp3) is 0.167. The van der Waals surface area contributed by atoms with Crippen molar-refractivity contribution in [1.29, 1.82) is 0 Å². The van der Waals surface area contributed by atoms with Gasteiger partial charge in [0.1, 0.15) is 12.9 Å². The number of ether oxygens (including phenoxy) is 2. The van der Waals surface area contributed by atoms with E-state index in [0.717, 1.165) is 11.1 Å². The van der Waals surface area contributed by atoms with Crippen LogP contribution in [0.4, 0.5) is 0 Å². The molecule has 6 nitrogen and oxygen atoms in total. The number of rotatable bonds is 7. The summed E-state index contributed by atoms with van der Waals surface area (Å²) in [4.78, 5) is 0. The molecular weight excluding hydrogens is 443 g/mol. The van der Waals surface area contributed by atoms with Crippen molar-refractivity contribution >= 4 is 52.8 Å². The topological polar surface area (TPSA) is 61.5 Å². The zero-order valence-electron chi connectivity index (χ0n) is 14.9. The Kier molecular flexibility index (Phi) is 7.07. The summed E-state index contributed by atoms with van der Waals surface area (Å²) < 4.78 is 12.8. The van der Waals surface area contributed by atoms with E-state index >= 15 is 0 Å². The lowest BCUT2D eigenvalue weighted by Gasteiger charge is -2.14. The van der Waals surface area contributed by atoms with Crippen LogP contribution in [0.2, 0.25) is 15.1 Å². The molecule has 10 heteroatoms. The SMILES string of the molecule is COc1cc(/C=N\n2cnnc2SC)cc(Cl)c1OCc1ccc(Cl)cc1Cl. The molecule has 0 aliphatic carbocycles. The van der Waals surface area contributed by atoms with E-state index in [4.69, 9.17) is 44.3 Å². The standard InChI is InChI=1S/C18H15Cl3N4O2S/c1-26-16-6-11(8-23-25-10-22-24-18(25)28-2)5-15(21)17(16)27-9-12-3-4-13(19)7-14(12)20/h3-8,10H,9H2,1-2H3/b23-8-. The first-order valence-electron chi connectivity index (χ1n) is 7.94. The van der Waals surface area contributed by atoms with Crippen molar-refractivity contribution in [3.8, 4) is 11.5 Å². The van der Waals surface area contributed by atoms with E-state index in [1.54, 1.807) is 48.3 Å². The van der Waals surface area contributed by atoms with Crippen LogP contribution < -0.4 is 9.47 Å². The van der Waals surface area contributed by atoms with Crippen LogP contribution in [0.15, 0.2) is 46.9 Å². The van der Waals surface area contributed by atoms with E-state index in [2.05, 4.69) is 15.3 Å². The van der Waals surface area contributed by atoms with Gasteiger partial charge in [-0.05, 0) is 36.1 Å². The molecule has 146 valence electrons. The molecule has 0 saturated carbocycles. The molecule has 0 fully saturated rings. The first-order chi connectivity index (χ1) is 13.5. The zero-order chi connectivity index (χ0) is 20.1. The molecule has 0 amide bonds. The minimum atomic E-state index is 0.220. The van der Waals surface area contributed by atoms with Crippen molar-refractivity contribution < 1.29 is 9.47 Å². The Hall–Kier alpha value is -1.93. The van der Waals surface area contributed by atoms with Gasteiger partial charge in [-0.15, -0.1) is 10.2 Å². The fourth-order valence-corrected chi connectivity index (χ4v) is 3.45. The van der Waals surface area contributed by atoms with Gasteiger partial charge >= 0.3 is 0 Å². The van der Waals surface area contributed by atoms with E-state index in [9.17, 15) is 0 Å². The molecule has 0 unspecified atom stereocenters. The van der Waals surface area contributed by atoms with Crippen LogP contribution in [0.5, 0.6) is 11.5 Å². The average Bonchev–Trinajstić information content (AvgIpc) is 3.14. The predicted octanol–water partition coefficient (Wildman–Crippen LogP) is 5.43. The minimum Gasteiger partial charge on any atom is -0.493 e. The summed E-state index contributed by atoms with van der Waals surface area (Å²) in [6.07, 6.45) is 5.06. The van der Waals surface area contributed by atoms with Crippen molar-refractivity contribution in [2.75, 3.05) is 13.4 Å². The van der Waals surface area contributed by atoms with E-state index in [0.29, 0.717) is 31.7 Å². The van der Waals surface area contributed by atoms with Crippen LogP contribution >= 0.6 is 46.6 Å². The van der Waals surface area contributed by atoms with Crippen LogP contribution in [0, 0.1) is 0 Å². The van der Waals surface area contributed by atoms with Crippen LogP contribution in [0.25, 0.3) is 0 Å². The molecule has 1 aromatic heterocycles. The van der Waals surface area contributed by atoms with Gasteiger partial charge in [0, 0.05) is 15.6 Å². The summed E-state index contributed by atoms with van der Waals surface area (Å²) in [6, 6.07) is 8.72. The number of aromatic nitrogens is 3. The lowest BCUT2D eigenvalue weighted by molar-refractivity contribution is 0.285. The van der Waals surface area contributed by atoms with E-state index in [-0.39, 0.29) is 6.61 Å². The Morgan fingerprint density at radius 3 is 2.71 bits per heavy atom. The molecule has 28 heavy (non-hydrogen) atoms. The van der Waals surface area contributed by atoms with Gasteiger partial charge in [-0.3, -0.25) is 0 Å². The molecule has 0 atom stereocenters. The quantitative estimate of drug-likeness (QED) is 0.350. The van der Waals surface area contributed by atoms with Gasteiger partial charge < -0.3 is 9.47 Å². The average molecular weight is 458 g/mol. The first kappa shape index (κ1) is 20.8. The number of benzene rings is 2. The molecule has 2 aromatic carbocycles. The Morgan fingerprint density at radius 1 is 1.18 bits per heavy atom. The van der Waals surface area contributed by atoms with E-state index in [1.165, 1.54) is 18.1 Å². The van der Waals surface area contributed by atoms with Crippen molar-refractivity contribution in [3.05, 3.63) is 62.9 Å². The monoisotopic (exact) mass is 456 g/mol. The fourth-order valence-electron chi connectivity index (χ4n) is 2.30. The normalized spacial score (nSPS) is 11.2. The number of halogens is 3. The molecule has 0 saturated heterocycles. The zero-order valence-corrected chi connectivity index (χ0v) is 18.0. The lowest BCUT2D eigenvalue weighted by atomic mass is 10.2. The van der Waals surface area contributed by atoms with Crippen molar-refractivity contribution in [2.24, 2.45) is 5.10 Å². The van der Waals surface area contributed by atoms with Gasteiger partial charge in [0.05, 0.1) is 18.3 Å². The molecule has 0 aliphatic rings. The Bertz CT molecular complexity index is 1010. The van der Waals surface area contributed by atoms with Gasteiger partial charge in [0.2, 0.25) is 5.16 Å². The van der Waals surface area contributed by atoms with Crippen LogP contribution in [0.1, 0.15) is 11.1 Å². The summed E-state index contributed by atoms with van der Waals surface area (Å²) in [5.74, 6) is 0.898. The largest absolute Gasteiger partial charge is 0.493 e. The Labute approximate surface area is 181 Å². The third-order valence-electron chi connectivity index (χ3n) is 3.65. The van der Waals surface area contributed by atoms with E-state index in [1.807, 2.05) is 6.26 Å². The maximum Gasteiger partial charge on any atom is 0.211 e. The van der Waals surface area contributed by atoms with Crippen molar-refractivity contribution in [3.63, 3.8) is 0 Å².